The van der Waals surface area contributed by atoms with Crippen LogP contribution >= 0.6 is 0 Å². The Labute approximate surface area is 181 Å². The third kappa shape index (κ3) is 2.60. The number of hydrogen-bond acceptors (Lipinski definition) is 2. The Hall–Kier alpha value is -3.12. The van der Waals surface area contributed by atoms with E-state index in [1.807, 2.05) is 0 Å². The first-order valence-corrected chi connectivity index (χ1v) is 8.67. The molecule has 3 heteroatoms. The molecule has 0 N–H and O–H groups in total. The lowest BCUT2D eigenvalue weighted by molar-refractivity contribution is -0.667. The molecule has 28 heavy (non-hydrogen) atoms. The first-order valence-electron chi connectivity index (χ1n) is 14.2. The van der Waals surface area contributed by atoms with Crippen molar-refractivity contribution in [1.29, 1.82) is 5.26 Å². The summed E-state index contributed by atoms with van der Waals surface area (Å²) >= 11 is 0. The zero-order valence-corrected chi connectivity index (χ0v) is 15.7. The number of fused-ring (bicyclic) bond motifs is 3. The minimum atomic E-state index is -3.50. The van der Waals surface area contributed by atoms with E-state index < -0.39 is 43.6 Å². The highest BCUT2D eigenvalue weighted by Gasteiger charge is 2.22. The molecule has 140 valence electrons. The summed E-state index contributed by atoms with van der Waals surface area (Å²) in [5.74, 6) is -3.41. The first kappa shape index (κ1) is 9.39. The van der Waals surface area contributed by atoms with Crippen LogP contribution in [-0.2, 0) is 7.05 Å². The minimum absolute atomic E-state index is 0.00278. The molecule has 0 amide bonds. The lowest BCUT2D eigenvalue weighted by atomic mass is 9.93. The summed E-state index contributed by atoms with van der Waals surface area (Å²) in [5.41, 5.74) is 0.491. The fourth-order valence-corrected chi connectivity index (χ4v) is 3.51. The van der Waals surface area contributed by atoms with E-state index in [-0.39, 0.29) is 11.4 Å². The third-order valence-electron chi connectivity index (χ3n) is 5.16. The predicted octanol–water partition coefficient (Wildman–Crippen LogP) is 6.00. The Morgan fingerprint density at radius 1 is 1.25 bits per heavy atom. The Morgan fingerprint density at radius 3 is 2.79 bits per heavy atom. The molecule has 4 rings (SSSR count). The van der Waals surface area contributed by atoms with Gasteiger partial charge in [0, 0.05) is 43.0 Å². The number of nitriles is 1. The molecule has 0 radical (unpaired) electrons. The highest BCUT2D eigenvalue weighted by molar-refractivity contribution is 6.07. The van der Waals surface area contributed by atoms with E-state index in [9.17, 15) is 5.26 Å². The van der Waals surface area contributed by atoms with Crippen LogP contribution in [0.1, 0.15) is 62.6 Å². The van der Waals surface area contributed by atoms with Crippen LogP contribution < -0.4 is 4.57 Å². The van der Waals surface area contributed by atoms with Gasteiger partial charge in [-0.1, -0.05) is 25.8 Å². The average molecular weight is 381 g/mol. The largest absolute Gasteiger partial charge is 0.455 e. The van der Waals surface area contributed by atoms with E-state index in [1.54, 1.807) is 37.3 Å². The monoisotopic (exact) mass is 380 g/mol. The summed E-state index contributed by atoms with van der Waals surface area (Å²) in [6.45, 7) is -6.89. The van der Waals surface area contributed by atoms with Gasteiger partial charge in [0.1, 0.15) is 18.7 Å². The quantitative estimate of drug-likeness (QED) is 0.400. The highest BCUT2D eigenvalue weighted by Crippen LogP contribution is 2.36. The van der Waals surface area contributed by atoms with Crippen molar-refractivity contribution in [3.8, 4) is 17.3 Å². The smallest absolute Gasteiger partial charge is 0.213 e. The second-order valence-electron chi connectivity index (χ2n) is 6.80. The van der Waals surface area contributed by atoms with Crippen LogP contribution in [0, 0.1) is 32.0 Å². The summed E-state index contributed by atoms with van der Waals surface area (Å²) in [6.07, 6.45) is 0. The summed E-state index contributed by atoms with van der Waals surface area (Å²) in [6, 6.07) is 9.89. The number of aromatic nitrogens is 1. The van der Waals surface area contributed by atoms with Gasteiger partial charge in [-0.15, -0.1) is 0 Å². The molecule has 0 unspecified atom stereocenters. The van der Waals surface area contributed by atoms with Crippen LogP contribution in [0.4, 0.5) is 0 Å². The van der Waals surface area contributed by atoms with E-state index in [0.29, 0.717) is 38.6 Å². The number of para-hydroxylation sites is 1. The zero-order valence-electron chi connectivity index (χ0n) is 26.7. The van der Waals surface area contributed by atoms with Crippen LogP contribution in [0.5, 0.6) is 0 Å². The Balaban J connectivity index is 2.20. The molecule has 0 saturated carbocycles. The molecule has 0 aliphatic heterocycles. The van der Waals surface area contributed by atoms with Crippen LogP contribution in [0.3, 0.4) is 0 Å². The maximum atomic E-state index is 9.49. The lowest BCUT2D eigenvalue weighted by Gasteiger charge is -2.14. The van der Waals surface area contributed by atoms with Crippen molar-refractivity contribution in [1.82, 2.24) is 0 Å². The van der Waals surface area contributed by atoms with Gasteiger partial charge >= 0.3 is 0 Å². The van der Waals surface area contributed by atoms with Crippen LogP contribution in [0.25, 0.3) is 33.2 Å². The molecular weight excluding hydrogens is 344 g/mol. The van der Waals surface area contributed by atoms with Gasteiger partial charge in [0.15, 0.2) is 11.3 Å². The Bertz CT molecular complexity index is 1670. The van der Waals surface area contributed by atoms with Crippen molar-refractivity contribution in [3.63, 3.8) is 0 Å². The SMILES string of the molecule is [2H]c1c(C([2H])(C([2H])([2H])[2H])C([2H])([2H])[2H])c(C([2H])([2H])[2H])c(C)[n+](C)c1-c1cc2oc3c(C#N)cccc3c2cc1C. The van der Waals surface area contributed by atoms with Crippen LogP contribution in [0.15, 0.2) is 40.8 Å². The summed E-state index contributed by atoms with van der Waals surface area (Å²) < 4.78 is 97.6. The molecular formula is C25H25N2O+. The average Bonchev–Trinajstić information content (AvgIpc) is 3.16. The van der Waals surface area contributed by atoms with Crippen LogP contribution in [-0.4, -0.2) is 0 Å². The number of furan rings is 1. The van der Waals surface area contributed by atoms with Gasteiger partial charge in [-0.25, -0.2) is 0 Å². The van der Waals surface area contributed by atoms with Crippen molar-refractivity contribution >= 4 is 21.9 Å². The molecule has 0 aliphatic rings. The number of pyridine rings is 1. The van der Waals surface area contributed by atoms with Gasteiger partial charge in [0.2, 0.25) is 5.69 Å². The van der Waals surface area contributed by atoms with Crippen molar-refractivity contribution in [2.45, 2.75) is 40.3 Å². The molecule has 0 aliphatic carbocycles. The fourth-order valence-electron chi connectivity index (χ4n) is 3.51. The minimum Gasteiger partial charge on any atom is -0.455 e. The normalized spacial score (nSPS) is 19.0. The second kappa shape index (κ2) is 6.49. The summed E-state index contributed by atoms with van der Waals surface area (Å²) in [5, 5.41) is 10.9. The highest BCUT2D eigenvalue weighted by atomic mass is 16.3. The molecule has 2 heterocycles. The van der Waals surface area contributed by atoms with E-state index in [0.717, 1.165) is 0 Å². The fraction of sp³-hybridized carbons (Fsp3) is 0.280. The molecule has 0 saturated heterocycles. The molecule has 4 aromatic rings. The molecule has 0 spiro atoms. The number of rotatable bonds is 2. The molecule has 0 atom stereocenters. The van der Waals surface area contributed by atoms with Crippen molar-refractivity contribution in [2.75, 3.05) is 0 Å². The van der Waals surface area contributed by atoms with Gasteiger partial charge in [0.05, 0.1) is 12.5 Å². The topological polar surface area (TPSA) is 40.8 Å². The maximum absolute atomic E-state index is 9.49. The van der Waals surface area contributed by atoms with Gasteiger partial charge < -0.3 is 4.42 Å². The van der Waals surface area contributed by atoms with Crippen molar-refractivity contribution in [3.05, 3.63) is 64.3 Å². The van der Waals surface area contributed by atoms with Crippen molar-refractivity contribution < 1.29 is 24.1 Å². The molecule has 3 nitrogen and oxygen atoms in total. The van der Waals surface area contributed by atoms with E-state index in [1.165, 1.54) is 18.5 Å². The van der Waals surface area contributed by atoms with Gasteiger partial charge in [0.25, 0.3) is 0 Å². The first-order chi connectivity index (χ1) is 17.8. The van der Waals surface area contributed by atoms with E-state index in [4.69, 9.17) is 19.5 Å². The molecule has 2 aromatic carbocycles. The second-order valence-corrected chi connectivity index (χ2v) is 6.80. The zero-order chi connectivity index (χ0) is 29.5. The van der Waals surface area contributed by atoms with Gasteiger partial charge in [-0.2, -0.15) is 9.83 Å². The lowest BCUT2D eigenvalue weighted by Crippen LogP contribution is -2.36. The number of hydrogen-bond donors (Lipinski definition) is 0. The predicted molar refractivity (Wildman–Crippen MR) is 113 cm³/mol. The molecule has 0 fully saturated rings. The molecule has 2 aromatic heterocycles. The van der Waals surface area contributed by atoms with Crippen LogP contribution in [0.2, 0.25) is 0 Å². The van der Waals surface area contributed by atoms with E-state index in [2.05, 4.69) is 6.07 Å². The number of aryl methyl sites for hydroxylation is 1. The van der Waals surface area contributed by atoms with Gasteiger partial charge in [-0.05, 0) is 49.0 Å². The maximum Gasteiger partial charge on any atom is 0.213 e. The summed E-state index contributed by atoms with van der Waals surface area (Å²) in [4.78, 5) is 0. The Morgan fingerprint density at radius 2 is 2.07 bits per heavy atom. The standard InChI is InChI=1S/C25H25N2O/c1-14(2)20-11-23(27(6)17(5)16(20)4)21-12-24-22(10-15(21)3)19-9-7-8-18(13-26)25(19)28-24/h7-12,14H,1-6H3/q+1/i1D3,2D3,4D3,11D,14D. The Kier molecular flexibility index (Phi) is 2.18. The summed E-state index contributed by atoms with van der Waals surface area (Å²) in [7, 11) is 1.49. The number of nitrogens with zero attached hydrogens (tertiary/aromatic N) is 2. The molecule has 0 bridgehead atoms. The van der Waals surface area contributed by atoms with Gasteiger partial charge in [-0.3, -0.25) is 0 Å². The number of benzene rings is 2. The third-order valence-corrected chi connectivity index (χ3v) is 5.16. The van der Waals surface area contributed by atoms with E-state index >= 15 is 0 Å². The van der Waals surface area contributed by atoms with Crippen molar-refractivity contribution in [2.24, 2.45) is 7.05 Å².